The smallest absolute Gasteiger partial charge is 0.273 e. The van der Waals surface area contributed by atoms with E-state index in [1.165, 1.54) is 50.6 Å². The Kier molecular flexibility index (Phi) is 12.1. The quantitative estimate of drug-likeness (QED) is 0.103. The highest BCUT2D eigenvalue weighted by Crippen LogP contribution is 2.35. The Hall–Kier alpha value is -5.47. The summed E-state index contributed by atoms with van der Waals surface area (Å²) in [5, 5.41) is 18.4. The predicted octanol–water partition coefficient (Wildman–Crippen LogP) is 4.65. The van der Waals surface area contributed by atoms with Gasteiger partial charge in [0.25, 0.3) is 27.5 Å². The number of anilines is 1. The van der Waals surface area contributed by atoms with Crippen molar-refractivity contribution in [1.29, 1.82) is 0 Å². The van der Waals surface area contributed by atoms with Gasteiger partial charge in [0.15, 0.2) is 6.61 Å². The molecule has 0 aliphatic rings. The Bertz CT molecular complexity index is 1910. The van der Waals surface area contributed by atoms with Crippen LogP contribution in [0.3, 0.4) is 0 Å². The number of amides is 2. The molecular weight excluding hydrogens is 662 g/mol. The van der Waals surface area contributed by atoms with Crippen LogP contribution in [0.4, 0.5) is 11.4 Å². The van der Waals surface area contributed by atoms with Gasteiger partial charge in [-0.1, -0.05) is 48.0 Å². The first-order valence-corrected chi connectivity index (χ1v) is 16.3. The number of hydrazone groups is 1. The van der Waals surface area contributed by atoms with Crippen molar-refractivity contribution in [3.05, 3.63) is 123 Å². The first kappa shape index (κ1) is 35.4. The Morgan fingerprint density at radius 3 is 2.42 bits per heavy atom. The number of nitrogens with zero attached hydrogens (tertiary/aromatic N) is 3. The average Bonchev–Trinajstić information content (AvgIpc) is 3.07. The highest BCUT2D eigenvalue weighted by molar-refractivity contribution is 7.92. The van der Waals surface area contributed by atoms with Crippen molar-refractivity contribution in [2.75, 3.05) is 31.1 Å². The van der Waals surface area contributed by atoms with Gasteiger partial charge in [0.2, 0.25) is 0 Å². The maximum Gasteiger partial charge on any atom is 0.273 e. The summed E-state index contributed by atoms with van der Waals surface area (Å²) in [4.78, 5) is 35.5. The second-order valence-electron chi connectivity index (χ2n) is 10.3. The fourth-order valence-corrected chi connectivity index (χ4v) is 6.03. The molecule has 0 bridgehead atoms. The molecule has 0 heterocycles. The van der Waals surface area contributed by atoms with Crippen LogP contribution in [0.5, 0.6) is 11.5 Å². The summed E-state index contributed by atoms with van der Waals surface area (Å²) in [5.74, 6) is -0.544. The number of hydrogen-bond donors (Lipinski definition) is 2. The molecule has 0 saturated carbocycles. The maximum absolute atomic E-state index is 13.8. The van der Waals surface area contributed by atoms with Gasteiger partial charge in [0.05, 0.1) is 28.8 Å². The molecule has 0 unspecified atom stereocenters. The lowest BCUT2D eigenvalue weighted by atomic mass is 10.1. The van der Waals surface area contributed by atoms with Crippen molar-refractivity contribution in [3.63, 3.8) is 0 Å². The van der Waals surface area contributed by atoms with Gasteiger partial charge in [0, 0.05) is 23.2 Å². The monoisotopic (exact) mass is 693 g/mol. The van der Waals surface area contributed by atoms with E-state index in [1.807, 2.05) is 30.3 Å². The molecule has 13 nitrogen and oxygen atoms in total. The predicted molar refractivity (Wildman–Crippen MR) is 181 cm³/mol. The molecule has 48 heavy (non-hydrogen) atoms. The molecule has 4 rings (SSSR count). The number of aryl methyl sites for hydroxylation is 1. The number of carbonyl (C=O) groups is 2. The molecule has 0 aliphatic heterocycles. The molecule has 15 heteroatoms. The van der Waals surface area contributed by atoms with E-state index in [9.17, 15) is 28.1 Å². The second kappa shape index (κ2) is 16.4. The molecule has 0 spiro atoms. The molecule has 0 saturated heterocycles. The molecule has 0 aromatic heterocycles. The molecule has 250 valence electrons. The lowest BCUT2D eigenvalue weighted by Crippen LogP contribution is -2.39. The van der Waals surface area contributed by atoms with Crippen molar-refractivity contribution < 1.29 is 32.4 Å². The number of carbonyl (C=O) groups excluding carboxylic acids is 2. The van der Waals surface area contributed by atoms with Crippen LogP contribution in [0, 0.1) is 17.0 Å². The molecular formula is C33H32ClN5O8S. The van der Waals surface area contributed by atoms with Crippen molar-refractivity contribution in [2.24, 2.45) is 5.10 Å². The van der Waals surface area contributed by atoms with Crippen LogP contribution >= 0.6 is 11.6 Å². The molecule has 0 aliphatic carbocycles. The third-order valence-corrected chi connectivity index (χ3v) is 8.88. The fourth-order valence-electron chi connectivity index (χ4n) is 4.42. The summed E-state index contributed by atoms with van der Waals surface area (Å²) in [5.41, 5.74) is 3.78. The zero-order valence-electron chi connectivity index (χ0n) is 26.0. The largest absolute Gasteiger partial charge is 0.495 e. The zero-order valence-corrected chi connectivity index (χ0v) is 27.5. The molecule has 0 radical (unpaired) electrons. The Morgan fingerprint density at radius 1 is 1.00 bits per heavy atom. The van der Waals surface area contributed by atoms with E-state index < -0.39 is 38.0 Å². The average molecular weight is 694 g/mol. The standard InChI is InChI=1S/C33H32ClN5O8S/c1-23-8-14-28(19-29(23)39(42)43)48(44,45)38(30-18-26(34)11-15-31(30)46-2)21-32(40)37-36-20-25-9-12-27(13-10-25)47-22-33(41)35-17-16-24-6-4-3-5-7-24/h3-15,18-20H,16-17,21-22H2,1-2H3,(H,35,41)(H,37,40)/b36-20-. The summed E-state index contributed by atoms with van der Waals surface area (Å²) in [6.07, 6.45) is 2.04. The lowest BCUT2D eigenvalue weighted by molar-refractivity contribution is -0.385. The van der Waals surface area contributed by atoms with E-state index >= 15 is 0 Å². The number of methoxy groups -OCH3 is 1. The number of nitro benzene ring substituents is 1. The minimum Gasteiger partial charge on any atom is -0.495 e. The van der Waals surface area contributed by atoms with Crippen LogP contribution in [0.15, 0.2) is 101 Å². The van der Waals surface area contributed by atoms with E-state index in [0.29, 0.717) is 24.3 Å². The third-order valence-electron chi connectivity index (χ3n) is 6.89. The van der Waals surface area contributed by atoms with Gasteiger partial charge in [-0.25, -0.2) is 13.8 Å². The third kappa shape index (κ3) is 9.53. The normalized spacial score (nSPS) is 11.1. The van der Waals surface area contributed by atoms with Crippen LogP contribution in [0.2, 0.25) is 5.02 Å². The van der Waals surface area contributed by atoms with Crippen LogP contribution in [0.1, 0.15) is 16.7 Å². The van der Waals surface area contributed by atoms with Gasteiger partial charge < -0.3 is 14.8 Å². The Labute approximate surface area is 282 Å². The van der Waals surface area contributed by atoms with Crippen LogP contribution in [0.25, 0.3) is 0 Å². The van der Waals surface area contributed by atoms with Gasteiger partial charge in [-0.2, -0.15) is 5.10 Å². The first-order chi connectivity index (χ1) is 23.0. The number of sulfonamides is 1. The minimum atomic E-state index is -4.55. The number of nitrogens with one attached hydrogen (secondary N) is 2. The Balaban J connectivity index is 1.40. The molecule has 2 amide bonds. The van der Waals surface area contributed by atoms with Crippen molar-refractivity contribution in [2.45, 2.75) is 18.2 Å². The molecule has 4 aromatic rings. The minimum absolute atomic E-state index is 0.0622. The fraction of sp³-hybridized carbons (Fsp3) is 0.182. The highest BCUT2D eigenvalue weighted by atomic mass is 35.5. The zero-order chi connectivity index (χ0) is 34.7. The number of hydrogen-bond acceptors (Lipinski definition) is 9. The van der Waals surface area contributed by atoms with E-state index in [4.69, 9.17) is 21.1 Å². The number of benzene rings is 4. The summed E-state index contributed by atoms with van der Waals surface area (Å²) < 4.78 is 39.2. The molecule has 0 fully saturated rings. The Morgan fingerprint density at radius 2 is 1.73 bits per heavy atom. The van der Waals surface area contributed by atoms with Gasteiger partial charge in [-0.05, 0) is 73.0 Å². The van der Waals surface area contributed by atoms with Crippen molar-refractivity contribution >= 4 is 51.0 Å². The molecule has 4 aromatic carbocycles. The lowest BCUT2D eigenvalue weighted by Gasteiger charge is -2.25. The SMILES string of the molecule is COc1ccc(Cl)cc1N(CC(=O)N/N=C\c1ccc(OCC(=O)NCCc2ccccc2)cc1)S(=O)(=O)c1ccc(C)c([N+](=O)[O-])c1. The summed E-state index contributed by atoms with van der Waals surface area (Å²) in [7, 11) is -3.23. The van der Waals surface area contributed by atoms with Gasteiger partial charge in [-0.15, -0.1) is 0 Å². The number of nitro groups is 1. The number of halogens is 1. The van der Waals surface area contributed by atoms with Crippen LogP contribution in [-0.2, 0) is 26.0 Å². The first-order valence-electron chi connectivity index (χ1n) is 14.4. The van der Waals surface area contributed by atoms with Crippen LogP contribution < -0.4 is 24.5 Å². The van der Waals surface area contributed by atoms with Crippen molar-refractivity contribution in [1.82, 2.24) is 10.7 Å². The molecule has 2 N–H and O–H groups in total. The van der Waals surface area contributed by atoms with Gasteiger partial charge in [-0.3, -0.25) is 24.0 Å². The van der Waals surface area contributed by atoms with E-state index in [-0.39, 0.29) is 34.5 Å². The summed E-state index contributed by atoms with van der Waals surface area (Å²) in [6.45, 7) is 1.04. The van der Waals surface area contributed by atoms with Gasteiger partial charge in [0.1, 0.15) is 18.0 Å². The van der Waals surface area contributed by atoms with Gasteiger partial charge >= 0.3 is 0 Å². The summed E-state index contributed by atoms with van der Waals surface area (Å²) in [6, 6.07) is 24.0. The topological polar surface area (TPSA) is 170 Å². The van der Waals surface area contributed by atoms with Crippen molar-refractivity contribution in [3.8, 4) is 11.5 Å². The number of ether oxygens (including phenoxy) is 2. The van der Waals surface area contributed by atoms with Crippen LogP contribution in [-0.4, -0.2) is 58.2 Å². The maximum atomic E-state index is 13.8. The molecule has 0 atom stereocenters. The van der Waals surface area contributed by atoms with E-state index in [0.717, 1.165) is 15.9 Å². The van der Waals surface area contributed by atoms with E-state index in [2.05, 4.69) is 15.8 Å². The van der Waals surface area contributed by atoms with E-state index in [1.54, 1.807) is 24.3 Å². The number of rotatable bonds is 15. The second-order valence-corrected chi connectivity index (χ2v) is 12.6. The highest BCUT2D eigenvalue weighted by Gasteiger charge is 2.31. The summed E-state index contributed by atoms with van der Waals surface area (Å²) >= 11 is 6.16.